The van der Waals surface area contributed by atoms with Gasteiger partial charge in [-0.15, -0.1) is 11.6 Å². The molecule has 26 heavy (non-hydrogen) atoms. The zero-order valence-corrected chi connectivity index (χ0v) is 16.6. The Hall–Kier alpha value is -1.95. The van der Waals surface area contributed by atoms with Crippen molar-refractivity contribution in [3.05, 3.63) is 23.8 Å². The van der Waals surface area contributed by atoms with Gasteiger partial charge in [-0.25, -0.2) is 0 Å². The minimum Gasteiger partial charge on any atom is -0.497 e. The molecule has 1 aromatic rings. The van der Waals surface area contributed by atoms with E-state index in [1.165, 1.54) is 0 Å². The Kier molecular flexibility index (Phi) is 6.75. The van der Waals surface area contributed by atoms with Crippen LogP contribution < -0.4 is 14.8 Å². The number of alkyl halides is 1. The van der Waals surface area contributed by atoms with Crippen molar-refractivity contribution in [2.24, 2.45) is 5.41 Å². The Morgan fingerprint density at radius 1 is 1.15 bits per heavy atom. The number of methoxy groups -OCH3 is 2. The summed E-state index contributed by atoms with van der Waals surface area (Å²) < 4.78 is 10.4. The highest BCUT2D eigenvalue weighted by atomic mass is 35.5. The smallest absolute Gasteiger partial charge is 0.251 e. The Balaban J connectivity index is 1.95. The van der Waals surface area contributed by atoms with Crippen molar-refractivity contribution in [3.63, 3.8) is 0 Å². The first-order valence-electron chi connectivity index (χ1n) is 8.70. The van der Waals surface area contributed by atoms with Crippen LogP contribution in [0.5, 0.6) is 11.5 Å². The van der Waals surface area contributed by atoms with E-state index in [4.69, 9.17) is 21.1 Å². The van der Waals surface area contributed by atoms with E-state index >= 15 is 0 Å². The van der Waals surface area contributed by atoms with Gasteiger partial charge >= 0.3 is 0 Å². The summed E-state index contributed by atoms with van der Waals surface area (Å²) in [7, 11) is 3.09. The van der Waals surface area contributed by atoms with Crippen LogP contribution in [0, 0.1) is 5.41 Å². The average molecular weight is 383 g/mol. The molecule has 7 heteroatoms. The molecule has 1 fully saturated rings. The van der Waals surface area contributed by atoms with E-state index in [-0.39, 0.29) is 17.9 Å². The minimum atomic E-state index is -0.561. The molecule has 1 heterocycles. The fourth-order valence-corrected chi connectivity index (χ4v) is 3.03. The summed E-state index contributed by atoms with van der Waals surface area (Å²) in [5, 5.41) is 3.04. The molecule has 0 spiro atoms. The van der Waals surface area contributed by atoms with Crippen molar-refractivity contribution >= 4 is 23.4 Å². The number of rotatable bonds is 6. The molecule has 6 nitrogen and oxygen atoms in total. The molecule has 0 radical (unpaired) electrons. The number of halogens is 1. The Bertz CT molecular complexity index is 633. The fraction of sp³-hybridized carbons (Fsp3) is 0.579. The molecular formula is C19H27ClN2O4. The zero-order chi connectivity index (χ0) is 19.3. The SMILES string of the molecule is COc1cc(OC)cc(C(=O)NC2CCN(C(=O)C(C)(C)CCl)CC2)c1. The van der Waals surface area contributed by atoms with Gasteiger partial charge in [-0.05, 0) is 38.8 Å². The molecule has 2 rings (SSSR count). The number of benzene rings is 1. The Morgan fingerprint density at radius 3 is 2.15 bits per heavy atom. The van der Waals surface area contributed by atoms with E-state index in [1.807, 2.05) is 18.7 Å². The molecule has 0 unspecified atom stereocenters. The topological polar surface area (TPSA) is 67.9 Å². The summed E-state index contributed by atoms with van der Waals surface area (Å²) in [4.78, 5) is 26.9. The molecule has 0 aliphatic carbocycles. The number of carbonyl (C=O) groups is 2. The summed E-state index contributed by atoms with van der Waals surface area (Å²) in [6.45, 7) is 4.94. The number of likely N-dealkylation sites (tertiary alicyclic amines) is 1. The second-order valence-electron chi connectivity index (χ2n) is 7.16. The lowest BCUT2D eigenvalue weighted by atomic mass is 9.92. The van der Waals surface area contributed by atoms with Crippen LogP contribution in [-0.2, 0) is 4.79 Å². The van der Waals surface area contributed by atoms with Gasteiger partial charge in [-0.3, -0.25) is 9.59 Å². The van der Waals surface area contributed by atoms with Crippen LogP contribution in [0.3, 0.4) is 0 Å². The predicted octanol–water partition coefficient (Wildman–Crippen LogP) is 2.69. The van der Waals surface area contributed by atoms with Crippen LogP contribution in [0.4, 0.5) is 0 Å². The van der Waals surface area contributed by atoms with Crippen molar-refractivity contribution in [1.82, 2.24) is 10.2 Å². The third-order valence-electron chi connectivity index (χ3n) is 4.64. The van der Waals surface area contributed by atoms with Gasteiger partial charge < -0.3 is 19.7 Å². The summed E-state index contributed by atoms with van der Waals surface area (Å²) in [5.41, 5.74) is -0.0719. The third kappa shape index (κ3) is 4.81. The van der Waals surface area contributed by atoms with Crippen LogP contribution in [0.25, 0.3) is 0 Å². The van der Waals surface area contributed by atoms with Gasteiger partial charge in [-0.2, -0.15) is 0 Å². The number of carbonyl (C=O) groups excluding carboxylic acids is 2. The maximum atomic E-state index is 12.5. The molecule has 0 aromatic heterocycles. The number of amides is 2. The van der Waals surface area contributed by atoms with Crippen LogP contribution in [0.15, 0.2) is 18.2 Å². The van der Waals surface area contributed by atoms with Crippen LogP contribution in [0.2, 0.25) is 0 Å². The number of hydrogen-bond donors (Lipinski definition) is 1. The van der Waals surface area contributed by atoms with Gasteiger partial charge in [0.05, 0.1) is 19.6 Å². The predicted molar refractivity (Wildman–Crippen MR) is 101 cm³/mol. The maximum absolute atomic E-state index is 12.5. The lowest BCUT2D eigenvalue weighted by Crippen LogP contribution is -2.50. The lowest BCUT2D eigenvalue weighted by molar-refractivity contribution is -0.140. The number of piperidine rings is 1. The minimum absolute atomic E-state index is 0.0304. The molecule has 2 amide bonds. The highest BCUT2D eigenvalue weighted by molar-refractivity contribution is 6.19. The molecule has 0 atom stereocenters. The Labute approximate surface area is 159 Å². The van der Waals surface area contributed by atoms with Crippen molar-refractivity contribution in [2.75, 3.05) is 33.2 Å². The van der Waals surface area contributed by atoms with E-state index in [9.17, 15) is 9.59 Å². The van der Waals surface area contributed by atoms with E-state index in [2.05, 4.69) is 5.32 Å². The normalized spacial score (nSPS) is 15.5. The van der Waals surface area contributed by atoms with E-state index in [1.54, 1.807) is 32.4 Å². The van der Waals surface area contributed by atoms with E-state index in [0.717, 1.165) is 12.8 Å². The van der Waals surface area contributed by atoms with E-state index in [0.29, 0.717) is 36.0 Å². The lowest BCUT2D eigenvalue weighted by Gasteiger charge is -2.36. The van der Waals surface area contributed by atoms with Crippen molar-refractivity contribution < 1.29 is 19.1 Å². The summed E-state index contributed by atoms with van der Waals surface area (Å²) in [5.74, 6) is 1.32. The number of nitrogens with one attached hydrogen (secondary N) is 1. The number of ether oxygens (including phenoxy) is 2. The fourth-order valence-electron chi connectivity index (χ4n) is 2.92. The molecule has 144 valence electrons. The number of hydrogen-bond acceptors (Lipinski definition) is 4. The highest BCUT2D eigenvalue weighted by Crippen LogP contribution is 2.25. The molecule has 1 aromatic carbocycles. The second kappa shape index (κ2) is 8.62. The molecule has 1 aliphatic rings. The monoisotopic (exact) mass is 382 g/mol. The maximum Gasteiger partial charge on any atom is 0.251 e. The molecule has 1 aliphatic heterocycles. The third-order valence-corrected chi connectivity index (χ3v) is 5.31. The largest absolute Gasteiger partial charge is 0.497 e. The van der Waals surface area contributed by atoms with Gasteiger partial charge in [-0.1, -0.05) is 0 Å². The Morgan fingerprint density at radius 2 is 1.69 bits per heavy atom. The molecule has 0 bridgehead atoms. The van der Waals surface area contributed by atoms with Crippen molar-refractivity contribution in [2.45, 2.75) is 32.7 Å². The van der Waals surface area contributed by atoms with E-state index < -0.39 is 5.41 Å². The van der Waals surface area contributed by atoms with Gasteiger partial charge in [0.1, 0.15) is 11.5 Å². The average Bonchev–Trinajstić information content (AvgIpc) is 2.67. The van der Waals surface area contributed by atoms with Crippen molar-refractivity contribution in [1.29, 1.82) is 0 Å². The highest BCUT2D eigenvalue weighted by Gasteiger charge is 2.33. The van der Waals surface area contributed by atoms with Crippen molar-refractivity contribution in [3.8, 4) is 11.5 Å². The summed E-state index contributed by atoms with van der Waals surface area (Å²) >= 11 is 5.90. The number of nitrogens with zero attached hydrogens (tertiary/aromatic N) is 1. The van der Waals surface area contributed by atoms with Gasteiger partial charge in [0, 0.05) is 36.6 Å². The standard InChI is InChI=1S/C19H27ClN2O4/c1-19(2,12-20)18(24)22-7-5-14(6-8-22)21-17(23)13-9-15(25-3)11-16(10-13)26-4/h9-11,14H,5-8,12H2,1-4H3,(H,21,23). The zero-order valence-electron chi connectivity index (χ0n) is 15.8. The second-order valence-corrected chi connectivity index (χ2v) is 7.43. The van der Waals surface area contributed by atoms with Gasteiger partial charge in [0.25, 0.3) is 5.91 Å². The summed E-state index contributed by atoms with van der Waals surface area (Å²) in [6, 6.07) is 5.11. The van der Waals surface area contributed by atoms with Gasteiger partial charge in [0.15, 0.2) is 0 Å². The molecular weight excluding hydrogens is 356 g/mol. The van der Waals surface area contributed by atoms with Gasteiger partial charge in [0.2, 0.25) is 5.91 Å². The first-order valence-corrected chi connectivity index (χ1v) is 9.23. The van der Waals surface area contributed by atoms with Crippen LogP contribution in [0.1, 0.15) is 37.0 Å². The van der Waals surface area contributed by atoms with Crippen LogP contribution >= 0.6 is 11.6 Å². The molecule has 1 N–H and O–H groups in total. The van der Waals surface area contributed by atoms with Crippen LogP contribution in [-0.4, -0.2) is 55.9 Å². The quantitative estimate of drug-likeness (QED) is 0.768. The summed E-state index contributed by atoms with van der Waals surface area (Å²) in [6.07, 6.45) is 1.44. The first-order chi connectivity index (χ1) is 12.3. The molecule has 1 saturated heterocycles. The molecule has 0 saturated carbocycles. The first kappa shape index (κ1) is 20.4.